The SMILES string of the molecule is C[NH+](C)CCCOC(=O)c1ccc2c(c1)OCCO2.[Cl-]. The minimum absolute atomic E-state index is 0. The highest BCUT2D eigenvalue weighted by Crippen LogP contribution is 2.30. The summed E-state index contributed by atoms with van der Waals surface area (Å²) >= 11 is 0. The normalized spacial score (nSPS) is 12.8. The van der Waals surface area contributed by atoms with E-state index in [0.29, 0.717) is 36.9 Å². The van der Waals surface area contributed by atoms with Gasteiger partial charge in [-0.3, -0.25) is 0 Å². The minimum Gasteiger partial charge on any atom is -1.00 e. The Balaban J connectivity index is 0.00000200. The molecule has 0 radical (unpaired) electrons. The van der Waals surface area contributed by atoms with Crippen LogP contribution in [-0.4, -0.2) is 46.4 Å². The Morgan fingerprint density at radius 3 is 2.65 bits per heavy atom. The highest BCUT2D eigenvalue weighted by molar-refractivity contribution is 5.90. The summed E-state index contributed by atoms with van der Waals surface area (Å²) in [7, 11) is 4.14. The summed E-state index contributed by atoms with van der Waals surface area (Å²) in [6.45, 7) is 2.48. The highest BCUT2D eigenvalue weighted by atomic mass is 35.5. The summed E-state index contributed by atoms with van der Waals surface area (Å²) in [6.07, 6.45) is 0.860. The van der Waals surface area contributed by atoms with Crippen LogP contribution in [0.15, 0.2) is 18.2 Å². The number of rotatable bonds is 5. The number of fused-ring (bicyclic) bond motifs is 1. The molecule has 1 N–H and O–H groups in total. The molecule has 1 aromatic carbocycles. The zero-order valence-corrected chi connectivity index (χ0v) is 12.5. The number of ether oxygens (including phenoxy) is 3. The lowest BCUT2D eigenvalue weighted by molar-refractivity contribution is -0.858. The number of esters is 1. The van der Waals surface area contributed by atoms with Gasteiger partial charge in [0.15, 0.2) is 11.5 Å². The molecule has 0 unspecified atom stereocenters. The van der Waals surface area contributed by atoms with Gasteiger partial charge in [-0.1, -0.05) is 0 Å². The lowest BCUT2D eigenvalue weighted by Gasteiger charge is -2.18. The van der Waals surface area contributed by atoms with Gasteiger partial charge >= 0.3 is 5.97 Å². The molecule has 1 heterocycles. The Morgan fingerprint density at radius 1 is 1.25 bits per heavy atom. The maximum absolute atomic E-state index is 11.8. The van der Waals surface area contributed by atoms with E-state index in [-0.39, 0.29) is 18.4 Å². The van der Waals surface area contributed by atoms with Gasteiger partial charge in [-0.05, 0) is 18.2 Å². The highest BCUT2D eigenvalue weighted by Gasteiger charge is 2.15. The van der Waals surface area contributed by atoms with Crippen molar-refractivity contribution in [2.24, 2.45) is 0 Å². The van der Waals surface area contributed by atoms with Gasteiger partial charge in [0.05, 0.1) is 32.8 Å². The van der Waals surface area contributed by atoms with E-state index in [1.54, 1.807) is 18.2 Å². The van der Waals surface area contributed by atoms with Crippen molar-refractivity contribution in [3.05, 3.63) is 23.8 Å². The maximum Gasteiger partial charge on any atom is 0.338 e. The third-order valence-electron chi connectivity index (χ3n) is 2.83. The van der Waals surface area contributed by atoms with E-state index in [0.717, 1.165) is 13.0 Å². The number of nitrogens with one attached hydrogen (secondary N) is 1. The van der Waals surface area contributed by atoms with Crippen LogP contribution in [0.4, 0.5) is 0 Å². The molecule has 0 saturated heterocycles. The van der Waals surface area contributed by atoms with E-state index in [4.69, 9.17) is 14.2 Å². The molecular formula is C14H20ClNO4. The van der Waals surface area contributed by atoms with Crippen molar-refractivity contribution < 1.29 is 36.3 Å². The fourth-order valence-electron chi connectivity index (χ4n) is 1.84. The van der Waals surface area contributed by atoms with Crippen molar-refractivity contribution in [2.45, 2.75) is 6.42 Å². The molecule has 0 fully saturated rings. The van der Waals surface area contributed by atoms with Crippen LogP contribution in [-0.2, 0) is 4.74 Å². The lowest BCUT2D eigenvalue weighted by atomic mass is 10.2. The molecule has 0 atom stereocenters. The van der Waals surface area contributed by atoms with Crippen LogP contribution >= 0.6 is 0 Å². The van der Waals surface area contributed by atoms with Crippen LogP contribution in [0.2, 0.25) is 0 Å². The zero-order valence-electron chi connectivity index (χ0n) is 11.8. The molecule has 1 aliphatic heterocycles. The molecule has 0 aliphatic carbocycles. The molecule has 0 spiro atoms. The van der Waals surface area contributed by atoms with Crippen LogP contribution in [0.3, 0.4) is 0 Å². The second kappa shape index (κ2) is 7.97. The molecule has 112 valence electrons. The number of benzene rings is 1. The van der Waals surface area contributed by atoms with Crippen LogP contribution in [0.1, 0.15) is 16.8 Å². The molecule has 20 heavy (non-hydrogen) atoms. The maximum atomic E-state index is 11.8. The molecular weight excluding hydrogens is 282 g/mol. The fourth-order valence-corrected chi connectivity index (χ4v) is 1.84. The fraction of sp³-hybridized carbons (Fsp3) is 0.500. The van der Waals surface area contributed by atoms with E-state index < -0.39 is 0 Å². The Kier molecular flexibility index (Phi) is 6.61. The smallest absolute Gasteiger partial charge is 0.338 e. The van der Waals surface area contributed by atoms with Crippen molar-refractivity contribution in [3.63, 3.8) is 0 Å². The van der Waals surface area contributed by atoms with E-state index >= 15 is 0 Å². The average Bonchev–Trinajstić information content (AvgIpc) is 2.42. The monoisotopic (exact) mass is 301 g/mol. The zero-order chi connectivity index (χ0) is 13.7. The summed E-state index contributed by atoms with van der Waals surface area (Å²) < 4.78 is 16.1. The quantitative estimate of drug-likeness (QED) is 0.470. The lowest BCUT2D eigenvalue weighted by Crippen LogP contribution is -3.05. The third-order valence-corrected chi connectivity index (χ3v) is 2.83. The number of hydrogen-bond acceptors (Lipinski definition) is 4. The van der Waals surface area contributed by atoms with E-state index in [2.05, 4.69) is 14.1 Å². The number of carbonyl (C=O) groups is 1. The third kappa shape index (κ3) is 4.58. The topological polar surface area (TPSA) is 49.2 Å². The Morgan fingerprint density at radius 2 is 1.95 bits per heavy atom. The molecule has 0 amide bonds. The summed E-state index contributed by atoms with van der Waals surface area (Å²) in [5, 5.41) is 0. The van der Waals surface area contributed by atoms with Gasteiger partial charge in [-0.25, -0.2) is 4.79 Å². The Hall–Kier alpha value is -1.46. The average molecular weight is 302 g/mol. The number of hydrogen-bond donors (Lipinski definition) is 1. The molecule has 1 aliphatic rings. The van der Waals surface area contributed by atoms with Gasteiger partial charge in [-0.15, -0.1) is 0 Å². The van der Waals surface area contributed by atoms with Crippen molar-refractivity contribution in [1.82, 2.24) is 0 Å². The second-order valence-corrected chi connectivity index (χ2v) is 4.81. The van der Waals surface area contributed by atoms with Gasteiger partial charge in [0.1, 0.15) is 13.2 Å². The van der Waals surface area contributed by atoms with Crippen molar-refractivity contribution in [3.8, 4) is 11.5 Å². The number of carbonyl (C=O) groups excluding carboxylic acids is 1. The summed E-state index contributed by atoms with van der Waals surface area (Å²) in [6, 6.07) is 5.12. The molecule has 0 saturated carbocycles. The molecule has 6 heteroatoms. The summed E-state index contributed by atoms with van der Waals surface area (Å²) in [5.41, 5.74) is 0.501. The van der Waals surface area contributed by atoms with Crippen molar-refractivity contribution in [1.29, 1.82) is 0 Å². The van der Waals surface area contributed by atoms with Gasteiger partial charge in [0, 0.05) is 6.42 Å². The predicted molar refractivity (Wildman–Crippen MR) is 70.0 cm³/mol. The molecule has 2 rings (SSSR count). The summed E-state index contributed by atoms with van der Waals surface area (Å²) in [4.78, 5) is 13.2. The largest absolute Gasteiger partial charge is 1.00 e. The van der Waals surface area contributed by atoms with Crippen LogP contribution in [0.25, 0.3) is 0 Å². The van der Waals surface area contributed by atoms with Gasteiger partial charge in [-0.2, -0.15) is 0 Å². The molecule has 1 aromatic rings. The minimum atomic E-state index is -0.314. The van der Waals surface area contributed by atoms with Crippen LogP contribution in [0, 0.1) is 0 Å². The Labute approximate surface area is 125 Å². The van der Waals surface area contributed by atoms with Crippen LogP contribution in [0.5, 0.6) is 11.5 Å². The van der Waals surface area contributed by atoms with Crippen molar-refractivity contribution in [2.75, 3.05) is 40.5 Å². The first-order valence-electron chi connectivity index (χ1n) is 6.52. The predicted octanol–water partition coefficient (Wildman–Crippen LogP) is -2.85. The molecule has 0 bridgehead atoms. The van der Waals surface area contributed by atoms with E-state index in [1.165, 1.54) is 4.90 Å². The van der Waals surface area contributed by atoms with Gasteiger partial charge in [0.25, 0.3) is 0 Å². The number of quaternary nitrogens is 1. The number of halogens is 1. The first-order valence-corrected chi connectivity index (χ1v) is 6.52. The molecule has 0 aromatic heterocycles. The Bertz CT molecular complexity index is 451. The van der Waals surface area contributed by atoms with Crippen LogP contribution < -0.4 is 26.8 Å². The van der Waals surface area contributed by atoms with Gasteiger partial charge < -0.3 is 31.5 Å². The summed E-state index contributed by atoms with van der Waals surface area (Å²) in [5.74, 6) is 0.975. The first kappa shape index (κ1) is 16.6. The molecule has 5 nitrogen and oxygen atoms in total. The first-order chi connectivity index (χ1) is 9.16. The van der Waals surface area contributed by atoms with Crippen molar-refractivity contribution >= 4 is 5.97 Å². The standard InChI is InChI=1S/C14H19NO4.ClH/c1-15(2)6-3-7-19-14(16)11-4-5-12-13(10-11)18-9-8-17-12;/h4-5,10H,3,6-9H2,1-2H3;1H. The van der Waals surface area contributed by atoms with E-state index in [1.807, 2.05) is 0 Å². The van der Waals surface area contributed by atoms with Gasteiger partial charge in [0.2, 0.25) is 0 Å². The second-order valence-electron chi connectivity index (χ2n) is 4.81. The van der Waals surface area contributed by atoms with E-state index in [9.17, 15) is 4.79 Å².